The molecule has 6 heteroatoms. The Bertz CT molecular complexity index is 1140. The van der Waals surface area contributed by atoms with Crippen LogP contribution >= 0.6 is 0 Å². The van der Waals surface area contributed by atoms with E-state index in [1.807, 2.05) is 54.7 Å². The first-order valence-electron chi connectivity index (χ1n) is 23.2. The van der Waals surface area contributed by atoms with Crippen molar-refractivity contribution in [3.05, 3.63) is 85.1 Å². The van der Waals surface area contributed by atoms with Crippen molar-refractivity contribution in [3.63, 3.8) is 0 Å². The number of rotatable bonds is 40. The Balaban J connectivity index is 4.47. The molecule has 6 nitrogen and oxygen atoms in total. The molecule has 0 fully saturated rings. The van der Waals surface area contributed by atoms with E-state index in [1.165, 1.54) is 103 Å². The van der Waals surface area contributed by atoms with Crippen LogP contribution < -0.4 is 0 Å². The predicted octanol–water partition coefficient (Wildman–Crippen LogP) is 14.9. The summed E-state index contributed by atoms with van der Waals surface area (Å²) in [5.74, 6) is -1.04. The molecule has 0 aromatic heterocycles. The van der Waals surface area contributed by atoms with E-state index in [9.17, 15) is 14.4 Å². The molecule has 0 aromatic rings. The lowest BCUT2D eigenvalue weighted by Gasteiger charge is -2.18. The molecule has 324 valence electrons. The summed E-state index contributed by atoms with van der Waals surface area (Å²) in [5, 5.41) is 0. The molecule has 0 spiro atoms. The molecule has 0 rings (SSSR count). The Hall–Kier alpha value is -3.41. The van der Waals surface area contributed by atoms with Crippen LogP contribution in [0.15, 0.2) is 85.1 Å². The molecule has 1 unspecified atom stereocenters. The number of allylic oxidation sites excluding steroid dienone is 14. The first-order valence-corrected chi connectivity index (χ1v) is 23.2. The molecule has 0 amide bonds. The highest BCUT2D eigenvalue weighted by molar-refractivity contribution is 5.71. The third kappa shape index (κ3) is 43.6. The van der Waals surface area contributed by atoms with Crippen molar-refractivity contribution >= 4 is 17.9 Å². The Morgan fingerprint density at radius 3 is 1.21 bits per heavy atom. The summed E-state index contributed by atoms with van der Waals surface area (Å²) < 4.78 is 16.6. The maximum atomic E-state index is 12.7. The summed E-state index contributed by atoms with van der Waals surface area (Å²) in [6.45, 7) is 6.34. The summed E-state index contributed by atoms with van der Waals surface area (Å²) in [6, 6.07) is 0. The molecule has 57 heavy (non-hydrogen) atoms. The molecule has 0 aromatic carbocycles. The van der Waals surface area contributed by atoms with Crippen molar-refractivity contribution in [2.45, 2.75) is 207 Å². The highest BCUT2D eigenvalue weighted by Crippen LogP contribution is 2.13. The SMILES string of the molecule is CC\C=C/C=C\C=C/C=C\C=C/CCCC(=O)OC(COC(=O)CCC/C=C\CCCCCC)COC(=O)CCCCCCCCC/C=C\CCCCCCCC. The van der Waals surface area contributed by atoms with Gasteiger partial charge in [0.1, 0.15) is 13.2 Å². The van der Waals surface area contributed by atoms with Gasteiger partial charge in [-0.25, -0.2) is 0 Å². The number of hydrogen-bond acceptors (Lipinski definition) is 6. The van der Waals surface area contributed by atoms with Crippen LogP contribution in [0.5, 0.6) is 0 Å². The standard InChI is InChI=1S/C51H84O6/c1-4-7-10-13-16-19-21-23-24-25-26-28-29-32-35-38-41-44-50(53)56-47-48(46-55-49(52)43-40-37-34-31-18-15-12-9-6-3)57-51(54)45-42-39-36-33-30-27-22-20-17-14-11-8-5-2/h8,11,14,17,20,22-24,27,30-31,33-34,36,48H,4-7,9-10,12-13,15-16,18-19,21,25-26,28-29,32,35,37-47H2,1-3H3/b11-8-,17-14-,22-20-,24-23-,30-27-,34-31-,36-33-. The topological polar surface area (TPSA) is 78.9 Å². The van der Waals surface area contributed by atoms with Crippen molar-refractivity contribution in [2.24, 2.45) is 0 Å². The van der Waals surface area contributed by atoms with Crippen LogP contribution in [0.3, 0.4) is 0 Å². The summed E-state index contributed by atoms with van der Waals surface area (Å²) in [6.07, 6.45) is 57.3. The average molecular weight is 793 g/mol. The van der Waals surface area contributed by atoms with Gasteiger partial charge in [-0.05, 0) is 77.0 Å². The van der Waals surface area contributed by atoms with Gasteiger partial charge in [0, 0.05) is 19.3 Å². The molecular formula is C51H84O6. The van der Waals surface area contributed by atoms with E-state index in [4.69, 9.17) is 14.2 Å². The second-order valence-corrected chi connectivity index (χ2v) is 15.0. The van der Waals surface area contributed by atoms with Crippen LogP contribution in [-0.2, 0) is 28.6 Å². The first-order chi connectivity index (χ1) is 28.0. The monoisotopic (exact) mass is 793 g/mol. The van der Waals surface area contributed by atoms with Crippen LogP contribution in [0.1, 0.15) is 201 Å². The molecule has 0 heterocycles. The fourth-order valence-corrected chi connectivity index (χ4v) is 6.00. The minimum Gasteiger partial charge on any atom is -0.462 e. The Kier molecular flexibility index (Phi) is 42.6. The van der Waals surface area contributed by atoms with Gasteiger partial charge < -0.3 is 14.2 Å². The molecule has 1 atom stereocenters. The average Bonchev–Trinajstić information content (AvgIpc) is 3.21. The molecule has 0 aliphatic carbocycles. The summed E-state index contributed by atoms with van der Waals surface area (Å²) in [7, 11) is 0. The van der Waals surface area contributed by atoms with Gasteiger partial charge in [-0.1, -0.05) is 189 Å². The van der Waals surface area contributed by atoms with Crippen molar-refractivity contribution in [1.82, 2.24) is 0 Å². The quantitative estimate of drug-likeness (QED) is 0.0202. The minimum absolute atomic E-state index is 0.117. The fraction of sp³-hybridized carbons (Fsp3) is 0.667. The smallest absolute Gasteiger partial charge is 0.306 e. The lowest BCUT2D eigenvalue weighted by molar-refractivity contribution is -0.167. The van der Waals surface area contributed by atoms with E-state index in [1.54, 1.807) is 0 Å². The number of carbonyl (C=O) groups is 3. The van der Waals surface area contributed by atoms with Gasteiger partial charge >= 0.3 is 17.9 Å². The molecule has 0 N–H and O–H groups in total. The van der Waals surface area contributed by atoms with Crippen LogP contribution in [-0.4, -0.2) is 37.2 Å². The van der Waals surface area contributed by atoms with Crippen molar-refractivity contribution in [2.75, 3.05) is 13.2 Å². The van der Waals surface area contributed by atoms with E-state index in [0.717, 1.165) is 44.9 Å². The zero-order valence-corrected chi connectivity index (χ0v) is 36.8. The molecule has 0 saturated heterocycles. The molecule has 0 bridgehead atoms. The van der Waals surface area contributed by atoms with Gasteiger partial charge in [-0.2, -0.15) is 0 Å². The highest BCUT2D eigenvalue weighted by Gasteiger charge is 2.19. The predicted molar refractivity (Wildman–Crippen MR) is 242 cm³/mol. The van der Waals surface area contributed by atoms with Crippen LogP contribution in [0.25, 0.3) is 0 Å². The number of ether oxygens (including phenoxy) is 3. The van der Waals surface area contributed by atoms with E-state index < -0.39 is 12.1 Å². The normalized spacial score (nSPS) is 12.8. The maximum Gasteiger partial charge on any atom is 0.306 e. The van der Waals surface area contributed by atoms with E-state index in [-0.39, 0.29) is 31.6 Å². The molecule has 0 radical (unpaired) electrons. The Morgan fingerprint density at radius 2 is 0.719 bits per heavy atom. The minimum atomic E-state index is -0.824. The maximum absolute atomic E-state index is 12.7. The van der Waals surface area contributed by atoms with E-state index >= 15 is 0 Å². The highest BCUT2D eigenvalue weighted by atomic mass is 16.6. The number of hydrogen-bond donors (Lipinski definition) is 0. The van der Waals surface area contributed by atoms with Gasteiger partial charge in [0.05, 0.1) is 0 Å². The van der Waals surface area contributed by atoms with Crippen LogP contribution in [0.4, 0.5) is 0 Å². The first kappa shape index (κ1) is 53.6. The lowest BCUT2D eigenvalue weighted by Crippen LogP contribution is -2.30. The van der Waals surface area contributed by atoms with Gasteiger partial charge in [0.15, 0.2) is 6.10 Å². The molecular weight excluding hydrogens is 709 g/mol. The lowest BCUT2D eigenvalue weighted by atomic mass is 10.1. The van der Waals surface area contributed by atoms with Gasteiger partial charge in [-0.3, -0.25) is 14.4 Å². The Labute approximate surface area is 350 Å². The zero-order chi connectivity index (χ0) is 41.5. The third-order valence-electron chi connectivity index (χ3n) is 9.48. The van der Waals surface area contributed by atoms with Crippen LogP contribution in [0, 0.1) is 0 Å². The Morgan fingerprint density at radius 1 is 0.368 bits per heavy atom. The van der Waals surface area contributed by atoms with E-state index in [0.29, 0.717) is 25.7 Å². The number of carbonyl (C=O) groups excluding carboxylic acids is 3. The van der Waals surface area contributed by atoms with E-state index in [2.05, 4.69) is 51.2 Å². The fourth-order valence-electron chi connectivity index (χ4n) is 6.00. The third-order valence-corrected chi connectivity index (χ3v) is 9.48. The summed E-state index contributed by atoms with van der Waals surface area (Å²) >= 11 is 0. The second-order valence-electron chi connectivity index (χ2n) is 15.0. The van der Waals surface area contributed by atoms with Crippen molar-refractivity contribution in [1.29, 1.82) is 0 Å². The van der Waals surface area contributed by atoms with Crippen molar-refractivity contribution < 1.29 is 28.6 Å². The molecule has 0 saturated carbocycles. The van der Waals surface area contributed by atoms with Gasteiger partial charge in [0.2, 0.25) is 0 Å². The van der Waals surface area contributed by atoms with Crippen LogP contribution in [0.2, 0.25) is 0 Å². The summed E-state index contributed by atoms with van der Waals surface area (Å²) in [4.78, 5) is 37.7. The number of esters is 3. The molecule has 0 aliphatic rings. The second kappa shape index (κ2) is 45.3. The number of unbranched alkanes of at least 4 members (excludes halogenated alkanes) is 19. The van der Waals surface area contributed by atoms with Gasteiger partial charge in [0.25, 0.3) is 0 Å². The van der Waals surface area contributed by atoms with Crippen molar-refractivity contribution in [3.8, 4) is 0 Å². The largest absolute Gasteiger partial charge is 0.462 e. The summed E-state index contributed by atoms with van der Waals surface area (Å²) in [5.41, 5.74) is 0. The van der Waals surface area contributed by atoms with Gasteiger partial charge in [-0.15, -0.1) is 0 Å². The molecule has 0 aliphatic heterocycles. The zero-order valence-electron chi connectivity index (χ0n) is 36.8.